The van der Waals surface area contributed by atoms with E-state index in [1.807, 2.05) is 18.1 Å². The predicted octanol–water partition coefficient (Wildman–Crippen LogP) is 1.96. The Balaban J connectivity index is 1.32. The lowest BCUT2D eigenvalue weighted by atomic mass is 10.1. The molecule has 1 amide bonds. The van der Waals surface area contributed by atoms with Crippen molar-refractivity contribution in [2.75, 3.05) is 20.2 Å². The summed E-state index contributed by atoms with van der Waals surface area (Å²) in [5, 5.41) is 4.15. The van der Waals surface area contributed by atoms with Crippen molar-refractivity contribution in [1.29, 1.82) is 0 Å². The van der Waals surface area contributed by atoms with Crippen LogP contribution in [0.5, 0.6) is 11.9 Å². The molecule has 1 aliphatic rings. The summed E-state index contributed by atoms with van der Waals surface area (Å²) < 4.78 is 12.7. The van der Waals surface area contributed by atoms with Crippen LogP contribution in [0, 0.1) is 0 Å². The zero-order valence-electron chi connectivity index (χ0n) is 16.4. The SMILES string of the molecule is COc1cc(C(=O)N2CCC(Oc3ncc(-c4cnn(C)c4)cn3)CC2)ccn1. The fourth-order valence-electron chi connectivity index (χ4n) is 3.26. The fraction of sp³-hybridized carbons (Fsp3) is 0.350. The molecule has 1 saturated heterocycles. The monoisotopic (exact) mass is 394 g/mol. The van der Waals surface area contributed by atoms with Crippen molar-refractivity contribution in [1.82, 2.24) is 29.6 Å². The van der Waals surface area contributed by atoms with Gasteiger partial charge >= 0.3 is 6.01 Å². The number of carbonyl (C=O) groups excluding carboxylic acids is 1. The number of hydrogen-bond acceptors (Lipinski definition) is 7. The summed E-state index contributed by atoms with van der Waals surface area (Å²) >= 11 is 0. The molecule has 3 aromatic heterocycles. The lowest BCUT2D eigenvalue weighted by Crippen LogP contribution is -2.42. The van der Waals surface area contributed by atoms with Crippen molar-refractivity contribution in [3.8, 4) is 23.0 Å². The Hall–Kier alpha value is -3.49. The molecule has 0 radical (unpaired) electrons. The molecule has 0 bridgehead atoms. The van der Waals surface area contributed by atoms with Crippen molar-refractivity contribution in [2.24, 2.45) is 7.05 Å². The summed E-state index contributed by atoms with van der Waals surface area (Å²) in [6.07, 6.45) is 10.1. The summed E-state index contributed by atoms with van der Waals surface area (Å²) in [5.41, 5.74) is 2.42. The van der Waals surface area contributed by atoms with Gasteiger partial charge in [0.25, 0.3) is 5.91 Å². The van der Waals surface area contributed by atoms with Crippen molar-refractivity contribution in [3.05, 3.63) is 48.7 Å². The quantitative estimate of drug-likeness (QED) is 0.653. The third-order valence-corrected chi connectivity index (χ3v) is 4.86. The van der Waals surface area contributed by atoms with Gasteiger partial charge in [0, 0.05) is 80.5 Å². The number of piperidine rings is 1. The molecule has 1 aliphatic heterocycles. The molecule has 0 aliphatic carbocycles. The first-order chi connectivity index (χ1) is 14.1. The second-order valence-electron chi connectivity index (χ2n) is 6.85. The summed E-state index contributed by atoms with van der Waals surface area (Å²) in [6.45, 7) is 1.23. The highest BCUT2D eigenvalue weighted by Crippen LogP contribution is 2.21. The fourth-order valence-corrected chi connectivity index (χ4v) is 3.26. The van der Waals surface area contributed by atoms with Crippen LogP contribution in [-0.4, -0.2) is 61.8 Å². The van der Waals surface area contributed by atoms with Crippen LogP contribution >= 0.6 is 0 Å². The largest absolute Gasteiger partial charge is 0.481 e. The molecular weight excluding hydrogens is 372 g/mol. The molecule has 4 heterocycles. The van der Waals surface area contributed by atoms with E-state index in [-0.39, 0.29) is 12.0 Å². The van der Waals surface area contributed by atoms with E-state index in [9.17, 15) is 4.79 Å². The van der Waals surface area contributed by atoms with Crippen LogP contribution in [0.4, 0.5) is 0 Å². The summed E-state index contributed by atoms with van der Waals surface area (Å²) in [5.74, 6) is 0.405. The summed E-state index contributed by atoms with van der Waals surface area (Å²) in [4.78, 5) is 27.2. The molecule has 150 valence electrons. The van der Waals surface area contributed by atoms with Crippen molar-refractivity contribution >= 4 is 5.91 Å². The highest BCUT2D eigenvalue weighted by atomic mass is 16.5. The van der Waals surface area contributed by atoms with Gasteiger partial charge in [-0.25, -0.2) is 15.0 Å². The Kier molecular flexibility index (Phi) is 5.37. The van der Waals surface area contributed by atoms with Crippen LogP contribution in [0.3, 0.4) is 0 Å². The predicted molar refractivity (Wildman–Crippen MR) is 105 cm³/mol. The number of hydrogen-bond donors (Lipinski definition) is 0. The number of nitrogens with zero attached hydrogens (tertiary/aromatic N) is 6. The van der Waals surface area contributed by atoms with Gasteiger partial charge in [-0.3, -0.25) is 9.48 Å². The van der Waals surface area contributed by atoms with Gasteiger partial charge in [0.2, 0.25) is 5.88 Å². The number of aryl methyl sites for hydroxylation is 1. The smallest absolute Gasteiger partial charge is 0.316 e. The van der Waals surface area contributed by atoms with Crippen LogP contribution in [0.25, 0.3) is 11.1 Å². The van der Waals surface area contributed by atoms with Gasteiger partial charge in [0.1, 0.15) is 6.10 Å². The number of amides is 1. The molecule has 4 rings (SSSR count). The number of carbonyl (C=O) groups is 1. The molecule has 0 aromatic carbocycles. The summed E-state index contributed by atoms with van der Waals surface area (Å²) in [7, 11) is 3.40. The van der Waals surface area contributed by atoms with Crippen LogP contribution in [0.15, 0.2) is 43.1 Å². The molecule has 9 nitrogen and oxygen atoms in total. The van der Waals surface area contributed by atoms with Gasteiger partial charge in [0.15, 0.2) is 0 Å². The van der Waals surface area contributed by atoms with E-state index in [2.05, 4.69) is 20.1 Å². The van der Waals surface area contributed by atoms with E-state index in [0.717, 1.165) is 24.0 Å². The van der Waals surface area contributed by atoms with E-state index in [0.29, 0.717) is 30.5 Å². The standard InChI is InChI=1S/C20H22N6O3/c1-25-13-16(12-24-25)15-10-22-20(23-11-15)29-17-4-7-26(8-5-17)19(27)14-3-6-21-18(9-14)28-2/h3,6,9-13,17H,4-5,7-8H2,1-2H3. The topological polar surface area (TPSA) is 95.3 Å². The Bertz CT molecular complexity index is 980. The minimum atomic E-state index is -0.0266. The van der Waals surface area contributed by atoms with Gasteiger partial charge in [0.05, 0.1) is 13.3 Å². The van der Waals surface area contributed by atoms with Crippen LogP contribution in [0.1, 0.15) is 23.2 Å². The molecular formula is C20H22N6O3. The highest BCUT2D eigenvalue weighted by Gasteiger charge is 2.25. The molecule has 0 unspecified atom stereocenters. The van der Waals surface area contributed by atoms with Crippen LogP contribution in [0.2, 0.25) is 0 Å². The maximum atomic E-state index is 12.7. The zero-order valence-corrected chi connectivity index (χ0v) is 16.4. The van der Waals surface area contributed by atoms with Gasteiger partial charge in [-0.1, -0.05) is 0 Å². The maximum absolute atomic E-state index is 12.7. The lowest BCUT2D eigenvalue weighted by Gasteiger charge is -2.31. The number of pyridine rings is 1. The molecule has 3 aromatic rings. The molecule has 9 heteroatoms. The van der Waals surface area contributed by atoms with Crippen molar-refractivity contribution < 1.29 is 14.3 Å². The number of likely N-dealkylation sites (tertiary alicyclic amines) is 1. The third-order valence-electron chi connectivity index (χ3n) is 4.86. The minimum Gasteiger partial charge on any atom is -0.481 e. The van der Waals surface area contributed by atoms with Gasteiger partial charge in [-0.2, -0.15) is 5.10 Å². The van der Waals surface area contributed by atoms with Crippen molar-refractivity contribution in [2.45, 2.75) is 18.9 Å². The second-order valence-corrected chi connectivity index (χ2v) is 6.85. The van der Waals surface area contributed by atoms with Gasteiger partial charge in [-0.15, -0.1) is 0 Å². The number of rotatable bonds is 5. The highest BCUT2D eigenvalue weighted by molar-refractivity contribution is 5.94. The Morgan fingerprint density at radius 3 is 2.52 bits per heavy atom. The molecule has 0 spiro atoms. The lowest BCUT2D eigenvalue weighted by molar-refractivity contribution is 0.0578. The second kappa shape index (κ2) is 8.26. The zero-order chi connectivity index (χ0) is 20.2. The van der Waals surface area contributed by atoms with E-state index in [4.69, 9.17) is 9.47 Å². The Morgan fingerprint density at radius 2 is 1.86 bits per heavy atom. The normalized spacial score (nSPS) is 14.6. The Morgan fingerprint density at radius 1 is 1.10 bits per heavy atom. The van der Waals surface area contributed by atoms with E-state index >= 15 is 0 Å². The van der Waals surface area contributed by atoms with Gasteiger partial charge < -0.3 is 14.4 Å². The Labute approximate surface area is 168 Å². The van der Waals surface area contributed by atoms with Crippen molar-refractivity contribution in [3.63, 3.8) is 0 Å². The van der Waals surface area contributed by atoms with Crippen LogP contribution in [-0.2, 0) is 7.05 Å². The first kappa shape index (κ1) is 18.9. The molecule has 29 heavy (non-hydrogen) atoms. The van der Waals surface area contributed by atoms with E-state index in [1.54, 1.807) is 41.6 Å². The van der Waals surface area contributed by atoms with Gasteiger partial charge in [-0.05, 0) is 6.07 Å². The average Bonchev–Trinajstić information content (AvgIpc) is 3.20. The van der Waals surface area contributed by atoms with E-state index < -0.39 is 0 Å². The summed E-state index contributed by atoms with van der Waals surface area (Å²) in [6, 6.07) is 3.70. The molecule has 0 atom stereocenters. The molecule has 0 saturated carbocycles. The number of methoxy groups -OCH3 is 1. The first-order valence-corrected chi connectivity index (χ1v) is 9.39. The maximum Gasteiger partial charge on any atom is 0.316 e. The van der Waals surface area contributed by atoms with E-state index in [1.165, 1.54) is 7.11 Å². The third kappa shape index (κ3) is 4.34. The first-order valence-electron chi connectivity index (χ1n) is 9.39. The molecule has 0 N–H and O–H groups in total. The molecule has 1 fully saturated rings. The number of aromatic nitrogens is 5. The number of ether oxygens (including phenoxy) is 2. The average molecular weight is 394 g/mol. The van der Waals surface area contributed by atoms with Crippen LogP contribution < -0.4 is 9.47 Å². The minimum absolute atomic E-state index is 0.0183.